The number of aromatic nitrogens is 4. The average molecular weight is 390 g/mol. The van der Waals surface area contributed by atoms with Crippen molar-refractivity contribution in [2.45, 2.75) is 20.1 Å². The fourth-order valence-electron chi connectivity index (χ4n) is 2.49. The number of carbonyl (C=O) groups excluding carboxylic acids is 1. The molecule has 0 radical (unpaired) electrons. The number of benzene rings is 1. The van der Waals surface area contributed by atoms with Crippen LogP contribution in [-0.4, -0.2) is 45.4 Å². The highest BCUT2D eigenvalue weighted by Gasteiger charge is 2.17. The molecule has 0 saturated carbocycles. The third kappa shape index (κ3) is 4.59. The smallest absolute Gasteiger partial charge is 0.274 e. The van der Waals surface area contributed by atoms with Gasteiger partial charge in [-0.2, -0.15) is 10.2 Å². The summed E-state index contributed by atoms with van der Waals surface area (Å²) >= 11 is 6.15. The van der Waals surface area contributed by atoms with E-state index in [0.29, 0.717) is 34.5 Å². The molecule has 9 heteroatoms. The van der Waals surface area contributed by atoms with E-state index in [1.54, 1.807) is 43.3 Å². The van der Waals surface area contributed by atoms with Crippen molar-refractivity contribution in [1.82, 2.24) is 25.3 Å². The van der Waals surface area contributed by atoms with Crippen molar-refractivity contribution in [3.05, 3.63) is 58.1 Å². The fourth-order valence-corrected chi connectivity index (χ4v) is 2.72. The summed E-state index contributed by atoms with van der Waals surface area (Å²) in [5.74, 6) is 0.962. The second-order valence-electron chi connectivity index (χ2n) is 6.07. The molecule has 0 fully saturated rings. The molecular formula is C18H20ClN5O3. The first-order chi connectivity index (χ1) is 13.0. The van der Waals surface area contributed by atoms with Crippen molar-refractivity contribution >= 4 is 17.5 Å². The Bertz CT molecular complexity index is 937. The van der Waals surface area contributed by atoms with Crippen LogP contribution in [0.3, 0.4) is 0 Å². The van der Waals surface area contributed by atoms with Gasteiger partial charge in [-0.3, -0.25) is 15.0 Å². The average Bonchev–Trinajstić information content (AvgIpc) is 3.29. The summed E-state index contributed by atoms with van der Waals surface area (Å²) in [6, 6.07) is 8.71. The zero-order valence-electron chi connectivity index (χ0n) is 15.2. The van der Waals surface area contributed by atoms with E-state index in [1.807, 2.05) is 13.0 Å². The molecule has 3 aromatic rings. The minimum absolute atomic E-state index is 0.203. The van der Waals surface area contributed by atoms with Gasteiger partial charge in [0.1, 0.15) is 18.1 Å². The lowest BCUT2D eigenvalue weighted by molar-refractivity contribution is 0.0777. The van der Waals surface area contributed by atoms with Crippen LogP contribution in [0, 0.1) is 6.92 Å². The SMILES string of the molecule is COc1ccc(OCc2cc(C(=O)N(C)Cc3cc(C)[nH]n3)n[nH]2)c(Cl)c1. The van der Waals surface area contributed by atoms with Gasteiger partial charge in [-0.15, -0.1) is 0 Å². The normalized spacial score (nSPS) is 10.7. The highest BCUT2D eigenvalue weighted by molar-refractivity contribution is 6.32. The molecule has 8 nitrogen and oxygen atoms in total. The van der Waals surface area contributed by atoms with E-state index in [4.69, 9.17) is 21.1 Å². The number of hydrogen-bond donors (Lipinski definition) is 2. The molecule has 0 aliphatic rings. The third-order valence-corrected chi connectivity index (χ3v) is 4.17. The van der Waals surface area contributed by atoms with E-state index in [1.165, 1.54) is 0 Å². The number of amides is 1. The molecule has 0 spiro atoms. The molecule has 0 aliphatic heterocycles. The first kappa shape index (κ1) is 18.8. The molecule has 0 bridgehead atoms. The molecule has 1 aromatic carbocycles. The molecule has 2 heterocycles. The Morgan fingerprint density at radius 1 is 1.22 bits per heavy atom. The van der Waals surface area contributed by atoms with Crippen molar-refractivity contribution in [3.8, 4) is 11.5 Å². The lowest BCUT2D eigenvalue weighted by Gasteiger charge is -2.13. The predicted octanol–water partition coefficient (Wildman–Crippen LogP) is 2.95. The molecule has 2 N–H and O–H groups in total. The van der Waals surface area contributed by atoms with E-state index in [2.05, 4.69) is 20.4 Å². The number of methoxy groups -OCH3 is 1. The zero-order valence-corrected chi connectivity index (χ0v) is 16.0. The van der Waals surface area contributed by atoms with Gasteiger partial charge in [-0.1, -0.05) is 11.6 Å². The Hall–Kier alpha value is -3.00. The summed E-state index contributed by atoms with van der Waals surface area (Å²) in [5, 5.41) is 14.3. The van der Waals surface area contributed by atoms with Gasteiger partial charge in [0.25, 0.3) is 5.91 Å². The number of halogens is 1. The number of rotatable bonds is 7. The Morgan fingerprint density at radius 3 is 2.70 bits per heavy atom. The van der Waals surface area contributed by atoms with Crippen LogP contribution >= 0.6 is 11.6 Å². The summed E-state index contributed by atoms with van der Waals surface area (Å²) in [6.45, 7) is 2.51. The maximum Gasteiger partial charge on any atom is 0.274 e. The summed E-state index contributed by atoms with van der Waals surface area (Å²) < 4.78 is 10.8. The number of ether oxygens (including phenoxy) is 2. The maximum atomic E-state index is 12.5. The first-order valence-corrected chi connectivity index (χ1v) is 8.61. The van der Waals surface area contributed by atoms with Crippen molar-refractivity contribution in [1.29, 1.82) is 0 Å². The number of H-pyrrole nitrogens is 2. The van der Waals surface area contributed by atoms with Crippen LogP contribution in [0.5, 0.6) is 11.5 Å². The number of aromatic amines is 2. The molecule has 0 atom stereocenters. The molecule has 27 heavy (non-hydrogen) atoms. The molecule has 142 valence electrons. The topological polar surface area (TPSA) is 96.1 Å². The zero-order chi connectivity index (χ0) is 19.4. The Morgan fingerprint density at radius 2 is 2.04 bits per heavy atom. The number of nitrogens with one attached hydrogen (secondary N) is 2. The van der Waals surface area contributed by atoms with Gasteiger partial charge in [0.05, 0.1) is 30.1 Å². The van der Waals surface area contributed by atoms with Gasteiger partial charge >= 0.3 is 0 Å². The molecular weight excluding hydrogens is 370 g/mol. The highest BCUT2D eigenvalue weighted by atomic mass is 35.5. The summed E-state index contributed by atoms with van der Waals surface area (Å²) in [7, 11) is 3.27. The second-order valence-corrected chi connectivity index (χ2v) is 6.47. The monoisotopic (exact) mass is 389 g/mol. The van der Waals surface area contributed by atoms with E-state index in [-0.39, 0.29) is 12.5 Å². The lowest BCUT2D eigenvalue weighted by Crippen LogP contribution is -2.26. The van der Waals surface area contributed by atoms with Crippen molar-refractivity contribution < 1.29 is 14.3 Å². The van der Waals surface area contributed by atoms with E-state index < -0.39 is 0 Å². The highest BCUT2D eigenvalue weighted by Crippen LogP contribution is 2.29. The number of aryl methyl sites for hydroxylation is 1. The molecule has 1 amide bonds. The number of nitrogens with zero attached hydrogens (tertiary/aromatic N) is 3. The van der Waals surface area contributed by atoms with Gasteiger partial charge in [-0.25, -0.2) is 0 Å². The van der Waals surface area contributed by atoms with Crippen molar-refractivity contribution in [3.63, 3.8) is 0 Å². The third-order valence-electron chi connectivity index (χ3n) is 3.88. The quantitative estimate of drug-likeness (QED) is 0.647. The van der Waals surface area contributed by atoms with Crippen LogP contribution in [0.1, 0.15) is 27.6 Å². The van der Waals surface area contributed by atoms with Crippen LogP contribution in [-0.2, 0) is 13.2 Å². The van der Waals surface area contributed by atoms with Gasteiger partial charge in [0, 0.05) is 18.8 Å². The second kappa shape index (κ2) is 8.13. The van der Waals surface area contributed by atoms with Crippen LogP contribution in [0.2, 0.25) is 5.02 Å². The van der Waals surface area contributed by atoms with Gasteiger partial charge in [0.15, 0.2) is 5.69 Å². The standard InChI is InChI=1S/C18H20ClN5O3/c1-11-6-12(21-20-11)9-24(2)18(25)16-7-13(22-23-16)10-27-17-5-4-14(26-3)8-15(17)19/h4-8H,9-10H2,1-3H3,(H,20,21)(H,22,23). The van der Waals surface area contributed by atoms with Crippen LogP contribution < -0.4 is 9.47 Å². The predicted molar refractivity (Wildman–Crippen MR) is 100 cm³/mol. The minimum Gasteiger partial charge on any atom is -0.497 e. The van der Waals surface area contributed by atoms with E-state index in [0.717, 1.165) is 11.4 Å². The molecule has 0 saturated heterocycles. The Balaban J connectivity index is 1.59. The van der Waals surface area contributed by atoms with Gasteiger partial charge in [-0.05, 0) is 31.2 Å². The van der Waals surface area contributed by atoms with Crippen LogP contribution in [0.15, 0.2) is 30.3 Å². The maximum absolute atomic E-state index is 12.5. The fraction of sp³-hybridized carbons (Fsp3) is 0.278. The minimum atomic E-state index is -0.208. The molecule has 0 unspecified atom stereocenters. The van der Waals surface area contributed by atoms with Gasteiger partial charge in [0.2, 0.25) is 0 Å². The van der Waals surface area contributed by atoms with Gasteiger partial charge < -0.3 is 14.4 Å². The van der Waals surface area contributed by atoms with Crippen LogP contribution in [0.25, 0.3) is 0 Å². The Labute approximate surface area is 161 Å². The summed E-state index contributed by atoms with van der Waals surface area (Å²) in [5.41, 5.74) is 2.71. The molecule has 3 rings (SSSR count). The first-order valence-electron chi connectivity index (χ1n) is 8.23. The van der Waals surface area contributed by atoms with Crippen molar-refractivity contribution in [2.75, 3.05) is 14.2 Å². The number of carbonyl (C=O) groups is 1. The lowest BCUT2D eigenvalue weighted by atomic mass is 10.3. The van der Waals surface area contributed by atoms with E-state index in [9.17, 15) is 4.79 Å². The van der Waals surface area contributed by atoms with Crippen molar-refractivity contribution in [2.24, 2.45) is 0 Å². The molecule has 0 aliphatic carbocycles. The van der Waals surface area contributed by atoms with Crippen LogP contribution in [0.4, 0.5) is 0 Å². The van der Waals surface area contributed by atoms with E-state index >= 15 is 0 Å². The Kier molecular flexibility index (Phi) is 5.66. The molecule has 2 aromatic heterocycles. The summed E-state index contributed by atoms with van der Waals surface area (Å²) in [6.07, 6.45) is 0. The summed E-state index contributed by atoms with van der Waals surface area (Å²) in [4.78, 5) is 14.1. The largest absolute Gasteiger partial charge is 0.497 e. The number of hydrogen-bond acceptors (Lipinski definition) is 5.